The summed E-state index contributed by atoms with van der Waals surface area (Å²) in [5.74, 6) is -0.434. The third kappa shape index (κ3) is 3.27. The largest absolute Gasteiger partial charge is 0.319 e. The summed E-state index contributed by atoms with van der Waals surface area (Å²) in [6.45, 7) is 5.49. The van der Waals surface area contributed by atoms with Crippen LogP contribution in [0.3, 0.4) is 0 Å². The molecule has 1 rings (SSSR count). The highest BCUT2D eigenvalue weighted by Crippen LogP contribution is 2.25. The lowest BCUT2D eigenvalue weighted by molar-refractivity contribution is -0.383. The second-order valence-corrected chi connectivity index (χ2v) is 5.11. The summed E-state index contributed by atoms with van der Waals surface area (Å²) in [6.07, 6.45) is 0. The quantitative estimate of drug-likeness (QED) is 0.633. The Labute approximate surface area is 105 Å². The van der Waals surface area contributed by atoms with Gasteiger partial charge in [0, 0.05) is 6.07 Å². The van der Waals surface area contributed by atoms with Crippen molar-refractivity contribution in [3.63, 3.8) is 0 Å². The molecule has 18 heavy (non-hydrogen) atoms. The Bertz CT molecular complexity index is 466. The SMILES string of the molecule is CC(C)(C)C(N)C(=O)Nc1ccccc1[N+](=O)[O-]. The zero-order chi connectivity index (χ0) is 13.9. The lowest BCUT2D eigenvalue weighted by Gasteiger charge is -2.25. The molecular formula is C12H17N3O3. The Hall–Kier alpha value is -1.95. The lowest BCUT2D eigenvalue weighted by Crippen LogP contribution is -2.45. The molecule has 0 heterocycles. The van der Waals surface area contributed by atoms with Gasteiger partial charge in [-0.3, -0.25) is 14.9 Å². The van der Waals surface area contributed by atoms with Gasteiger partial charge in [-0.1, -0.05) is 32.9 Å². The molecule has 6 heteroatoms. The molecule has 0 radical (unpaired) electrons. The van der Waals surface area contributed by atoms with Crippen LogP contribution in [0, 0.1) is 15.5 Å². The molecule has 0 fully saturated rings. The molecule has 0 aliphatic heterocycles. The van der Waals surface area contributed by atoms with E-state index in [9.17, 15) is 14.9 Å². The van der Waals surface area contributed by atoms with Crippen molar-refractivity contribution in [3.8, 4) is 0 Å². The van der Waals surface area contributed by atoms with Gasteiger partial charge in [-0.25, -0.2) is 0 Å². The number of nitro benzene ring substituents is 1. The number of nitrogens with two attached hydrogens (primary N) is 1. The van der Waals surface area contributed by atoms with E-state index in [1.54, 1.807) is 6.07 Å². The first-order valence-electron chi connectivity index (χ1n) is 5.53. The summed E-state index contributed by atoms with van der Waals surface area (Å²) in [6, 6.07) is 5.23. The number of nitrogens with one attached hydrogen (secondary N) is 1. The normalized spacial score (nSPS) is 12.9. The van der Waals surface area contributed by atoms with Crippen molar-refractivity contribution in [2.45, 2.75) is 26.8 Å². The summed E-state index contributed by atoms with van der Waals surface area (Å²) in [7, 11) is 0. The topological polar surface area (TPSA) is 98.3 Å². The number of nitrogens with zero attached hydrogens (tertiary/aromatic N) is 1. The second kappa shape index (κ2) is 5.14. The molecule has 0 aromatic heterocycles. The molecular weight excluding hydrogens is 234 g/mol. The van der Waals surface area contributed by atoms with Crippen LogP contribution in [-0.4, -0.2) is 16.9 Å². The van der Waals surface area contributed by atoms with Gasteiger partial charge in [-0.2, -0.15) is 0 Å². The molecule has 0 aliphatic carbocycles. The number of hydrogen-bond donors (Lipinski definition) is 2. The standard InChI is InChI=1S/C12H17N3O3/c1-12(2,3)10(13)11(16)14-8-6-4-5-7-9(8)15(17)18/h4-7,10H,13H2,1-3H3,(H,14,16). The summed E-state index contributed by atoms with van der Waals surface area (Å²) in [4.78, 5) is 22.1. The maximum absolute atomic E-state index is 11.9. The smallest absolute Gasteiger partial charge is 0.292 e. The van der Waals surface area contributed by atoms with Crippen molar-refractivity contribution in [2.24, 2.45) is 11.1 Å². The number of carbonyl (C=O) groups excluding carboxylic acids is 1. The predicted octanol–water partition coefficient (Wildman–Crippen LogP) is 1.91. The van der Waals surface area contributed by atoms with Crippen molar-refractivity contribution in [3.05, 3.63) is 34.4 Å². The second-order valence-electron chi connectivity index (χ2n) is 5.11. The molecule has 1 atom stereocenters. The average Bonchev–Trinajstić information content (AvgIpc) is 2.27. The van der Waals surface area contributed by atoms with Crippen LogP contribution in [0.15, 0.2) is 24.3 Å². The number of rotatable bonds is 3. The van der Waals surface area contributed by atoms with E-state index in [2.05, 4.69) is 5.32 Å². The van der Waals surface area contributed by atoms with E-state index in [4.69, 9.17) is 5.73 Å². The van der Waals surface area contributed by atoms with Crippen molar-refractivity contribution >= 4 is 17.3 Å². The van der Waals surface area contributed by atoms with Crippen LogP contribution in [0.4, 0.5) is 11.4 Å². The molecule has 1 amide bonds. The summed E-state index contributed by atoms with van der Waals surface area (Å²) < 4.78 is 0. The van der Waals surface area contributed by atoms with Gasteiger partial charge < -0.3 is 11.1 Å². The molecule has 1 aromatic rings. The van der Waals surface area contributed by atoms with E-state index in [1.807, 2.05) is 20.8 Å². The highest BCUT2D eigenvalue weighted by atomic mass is 16.6. The summed E-state index contributed by atoms with van der Waals surface area (Å²) in [5.41, 5.74) is 5.39. The third-order valence-corrected chi connectivity index (χ3v) is 2.57. The average molecular weight is 251 g/mol. The highest BCUT2D eigenvalue weighted by molar-refractivity contribution is 5.97. The van der Waals surface area contributed by atoms with E-state index < -0.39 is 22.3 Å². The molecule has 0 saturated heterocycles. The highest BCUT2D eigenvalue weighted by Gasteiger charge is 2.28. The Kier molecular flexibility index (Phi) is 4.03. The minimum absolute atomic E-state index is 0.146. The van der Waals surface area contributed by atoms with E-state index in [0.717, 1.165) is 0 Å². The zero-order valence-electron chi connectivity index (χ0n) is 10.6. The number of carbonyl (C=O) groups is 1. The minimum Gasteiger partial charge on any atom is -0.319 e. The molecule has 98 valence electrons. The number of benzene rings is 1. The van der Waals surface area contributed by atoms with Crippen molar-refractivity contribution in [1.82, 2.24) is 0 Å². The van der Waals surface area contributed by atoms with E-state index in [0.29, 0.717) is 0 Å². The Balaban J connectivity index is 2.92. The van der Waals surface area contributed by atoms with Crippen molar-refractivity contribution in [1.29, 1.82) is 0 Å². The lowest BCUT2D eigenvalue weighted by atomic mass is 9.87. The van der Waals surface area contributed by atoms with Crippen molar-refractivity contribution in [2.75, 3.05) is 5.32 Å². The van der Waals surface area contributed by atoms with Gasteiger partial charge in [-0.15, -0.1) is 0 Å². The number of nitro groups is 1. The van der Waals surface area contributed by atoms with Crippen LogP contribution in [0.25, 0.3) is 0 Å². The molecule has 1 unspecified atom stereocenters. The molecule has 3 N–H and O–H groups in total. The Morgan fingerprint density at radius 2 is 1.94 bits per heavy atom. The Morgan fingerprint density at radius 1 is 1.39 bits per heavy atom. The van der Waals surface area contributed by atoms with Gasteiger partial charge in [-0.05, 0) is 11.5 Å². The first kappa shape index (κ1) is 14.1. The van der Waals surface area contributed by atoms with Crippen LogP contribution in [0.1, 0.15) is 20.8 Å². The number of hydrogen-bond acceptors (Lipinski definition) is 4. The molecule has 6 nitrogen and oxygen atoms in total. The van der Waals surface area contributed by atoms with Crippen molar-refractivity contribution < 1.29 is 9.72 Å². The monoisotopic (exact) mass is 251 g/mol. The van der Waals surface area contributed by atoms with Gasteiger partial charge in [0.05, 0.1) is 11.0 Å². The molecule has 0 saturated carbocycles. The van der Waals surface area contributed by atoms with E-state index in [-0.39, 0.29) is 11.4 Å². The van der Waals surface area contributed by atoms with Gasteiger partial charge in [0.2, 0.25) is 5.91 Å². The fourth-order valence-electron chi connectivity index (χ4n) is 1.34. The molecule has 0 aliphatic rings. The minimum atomic E-state index is -0.739. The Morgan fingerprint density at radius 3 is 2.44 bits per heavy atom. The van der Waals surface area contributed by atoms with Gasteiger partial charge >= 0.3 is 0 Å². The molecule has 0 bridgehead atoms. The zero-order valence-corrected chi connectivity index (χ0v) is 10.6. The fraction of sp³-hybridized carbons (Fsp3) is 0.417. The first-order chi connectivity index (χ1) is 8.23. The van der Waals surface area contributed by atoms with Crippen LogP contribution < -0.4 is 11.1 Å². The molecule has 0 spiro atoms. The summed E-state index contributed by atoms with van der Waals surface area (Å²) in [5, 5.41) is 13.3. The van der Waals surface area contributed by atoms with Gasteiger partial charge in [0.1, 0.15) is 5.69 Å². The molecule has 1 aromatic carbocycles. The van der Waals surface area contributed by atoms with Crippen LogP contribution in [-0.2, 0) is 4.79 Å². The van der Waals surface area contributed by atoms with Gasteiger partial charge in [0.25, 0.3) is 5.69 Å². The maximum Gasteiger partial charge on any atom is 0.292 e. The number of anilines is 1. The van der Waals surface area contributed by atoms with Crippen LogP contribution in [0.5, 0.6) is 0 Å². The van der Waals surface area contributed by atoms with Gasteiger partial charge in [0.15, 0.2) is 0 Å². The van der Waals surface area contributed by atoms with Crippen LogP contribution >= 0.6 is 0 Å². The predicted molar refractivity (Wildman–Crippen MR) is 69.2 cm³/mol. The fourth-order valence-corrected chi connectivity index (χ4v) is 1.34. The van der Waals surface area contributed by atoms with Crippen LogP contribution in [0.2, 0.25) is 0 Å². The van der Waals surface area contributed by atoms with E-state index in [1.165, 1.54) is 18.2 Å². The third-order valence-electron chi connectivity index (χ3n) is 2.57. The number of amides is 1. The maximum atomic E-state index is 11.9. The summed E-state index contributed by atoms with van der Waals surface area (Å²) >= 11 is 0. The number of para-hydroxylation sites is 2. The first-order valence-corrected chi connectivity index (χ1v) is 5.53. The van der Waals surface area contributed by atoms with E-state index >= 15 is 0 Å².